The Labute approximate surface area is 172 Å². The molecule has 1 N–H and O–H groups in total. The normalized spacial score (nSPS) is 21.7. The molecule has 2 aromatic carbocycles. The van der Waals surface area contributed by atoms with Crippen LogP contribution in [0.25, 0.3) is 0 Å². The van der Waals surface area contributed by atoms with Gasteiger partial charge in [0.05, 0.1) is 11.8 Å². The molecule has 2 atom stereocenters. The Balaban J connectivity index is 1.26. The topological polar surface area (TPSA) is 52.7 Å². The number of amides is 2. The lowest BCUT2D eigenvalue weighted by Crippen LogP contribution is -2.49. The minimum atomic E-state index is -0.190. The Morgan fingerprint density at radius 1 is 0.931 bits per heavy atom. The molecular formula is C24H29N3O2. The molecule has 29 heavy (non-hydrogen) atoms. The van der Waals surface area contributed by atoms with Crippen molar-refractivity contribution in [1.82, 2.24) is 9.80 Å². The molecule has 1 saturated carbocycles. The van der Waals surface area contributed by atoms with E-state index in [0.29, 0.717) is 6.42 Å². The molecule has 5 heteroatoms. The summed E-state index contributed by atoms with van der Waals surface area (Å²) >= 11 is 0. The van der Waals surface area contributed by atoms with E-state index in [2.05, 4.69) is 34.5 Å². The molecule has 1 saturated heterocycles. The van der Waals surface area contributed by atoms with Crippen LogP contribution < -0.4 is 5.32 Å². The smallest absolute Gasteiger partial charge is 0.228 e. The molecule has 2 aliphatic rings. The van der Waals surface area contributed by atoms with Gasteiger partial charge in [-0.15, -0.1) is 0 Å². The number of rotatable bonds is 5. The number of hydrogen-bond donors (Lipinski definition) is 1. The van der Waals surface area contributed by atoms with Gasteiger partial charge in [-0.25, -0.2) is 0 Å². The molecule has 4 rings (SSSR count). The molecule has 5 nitrogen and oxygen atoms in total. The second-order valence-corrected chi connectivity index (χ2v) is 8.27. The van der Waals surface area contributed by atoms with Gasteiger partial charge in [0.15, 0.2) is 0 Å². The summed E-state index contributed by atoms with van der Waals surface area (Å²) in [6.45, 7) is 8.22. The van der Waals surface area contributed by atoms with E-state index in [1.54, 1.807) is 0 Å². The summed E-state index contributed by atoms with van der Waals surface area (Å²) in [7, 11) is 0. The first kappa shape index (κ1) is 19.6. The predicted molar refractivity (Wildman–Crippen MR) is 114 cm³/mol. The van der Waals surface area contributed by atoms with E-state index in [1.807, 2.05) is 43.0 Å². The van der Waals surface area contributed by atoms with Gasteiger partial charge in [-0.2, -0.15) is 0 Å². The molecule has 2 aromatic rings. The lowest BCUT2D eigenvalue weighted by molar-refractivity contribution is -0.135. The van der Waals surface area contributed by atoms with E-state index in [-0.39, 0.29) is 23.7 Å². The highest BCUT2D eigenvalue weighted by Crippen LogP contribution is 2.41. The third-order valence-corrected chi connectivity index (χ3v) is 6.24. The van der Waals surface area contributed by atoms with Gasteiger partial charge in [0, 0.05) is 38.4 Å². The van der Waals surface area contributed by atoms with E-state index in [4.69, 9.17) is 0 Å². The molecule has 0 spiro atoms. The molecule has 2 fully saturated rings. The Morgan fingerprint density at radius 3 is 2.38 bits per heavy atom. The average molecular weight is 392 g/mol. The first-order valence-corrected chi connectivity index (χ1v) is 10.4. The molecule has 2 unspecified atom stereocenters. The first-order valence-electron chi connectivity index (χ1n) is 10.4. The zero-order chi connectivity index (χ0) is 20.4. The SMILES string of the molecule is Cc1cccc(NC(=O)C2CC2C(=O)N2CCN(Cc3ccccc3)CC2)c1C. The van der Waals surface area contributed by atoms with Crippen LogP contribution >= 0.6 is 0 Å². The summed E-state index contributed by atoms with van der Waals surface area (Å²) < 4.78 is 0. The highest BCUT2D eigenvalue weighted by Gasteiger charge is 2.49. The van der Waals surface area contributed by atoms with Crippen LogP contribution in [0.1, 0.15) is 23.1 Å². The van der Waals surface area contributed by atoms with E-state index in [9.17, 15) is 9.59 Å². The fraction of sp³-hybridized carbons (Fsp3) is 0.417. The van der Waals surface area contributed by atoms with Gasteiger partial charge in [0.25, 0.3) is 0 Å². The number of benzene rings is 2. The van der Waals surface area contributed by atoms with Crippen LogP contribution in [0.5, 0.6) is 0 Å². The van der Waals surface area contributed by atoms with E-state index < -0.39 is 0 Å². The van der Waals surface area contributed by atoms with Crippen molar-refractivity contribution in [2.24, 2.45) is 11.8 Å². The van der Waals surface area contributed by atoms with Crippen LogP contribution in [0.15, 0.2) is 48.5 Å². The lowest BCUT2D eigenvalue weighted by Gasteiger charge is -2.35. The summed E-state index contributed by atoms with van der Waals surface area (Å²) in [5, 5.41) is 3.02. The fourth-order valence-electron chi connectivity index (χ4n) is 4.07. The van der Waals surface area contributed by atoms with Crippen molar-refractivity contribution in [3.05, 3.63) is 65.2 Å². The number of hydrogen-bond acceptors (Lipinski definition) is 3. The molecule has 0 aromatic heterocycles. The number of carbonyl (C=O) groups excluding carboxylic acids is 2. The Hall–Kier alpha value is -2.66. The molecule has 0 bridgehead atoms. The second-order valence-electron chi connectivity index (χ2n) is 8.27. The average Bonchev–Trinajstić information content (AvgIpc) is 3.53. The largest absolute Gasteiger partial charge is 0.340 e. The number of nitrogens with zero attached hydrogens (tertiary/aromatic N) is 2. The summed E-state index contributed by atoms with van der Waals surface area (Å²) in [6, 6.07) is 16.3. The summed E-state index contributed by atoms with van der Waals surface area (Å²) in [5.74, 6) is -0.226. The van der Waals surface area contributed by atoms with Crippen molar-refractivity contribution in [2.75, 3.05) is 31.5 Å². The zero-order valence-corrected chi connectivity index (χ0v) is 17.2. The van der Waals surface area contributed by atoms with Crippen LogP contribution in [-0.2, 0) is 16.1 Å². The van der Waals surface area contributed by atoms with Crippen LogP contribution in [0.2, 0.25) is 0 Å². The van der Waals surface area contributed by atoms with Gasteiger partial charge in [-0.05, 0) is 43.0 Å². The molecule has 0 radical (unpaired) electrons. The second kappa shape index (κ2) is 8.37. The fourth-order valence-corrected chi connectivity index (χ4v) is 4.07. The maximum atomic E-state index is 12.8. The summed E-state index contributed by atoms with van der Waals surface area (Å²) in [4.78, 5) is 29.8. The minimum absolute atomic E-state index is 0.0280. The molecule has 152 valence electrons. The standard InChI is InChI=1S/C24H29N3O2/c1-17-7-6-10-22(18(17)2)25-23(28)20-15-21(20)24(29)27-13-11-26(12-14-27)16-19-8-4-3-5-9-19/h3-10,20-21H,11-16H2,1-2H3,(H,25,28). The van der Waals surface area contributed by atoms with Crippen molar-refractivity contribution in [3.8, 4) is 0 Å². The zero-order valence-electron chi connectivity index (χ0n) is 17.2. The molecule has 1 aliphatic carbocycles. The van der Waals surface area contributed by atoms with Crippen LogP contribution in [0.4, 0.5) is 5.69 Å². The van der Waals surface area contributed by atoms with Gasteiger partial charge in [-0.3, -0.25) is 14.5 Å². The molecular weight excluding hydrogens is 362 g/mol. The predicted octanol–water partition coefficient (Wildman–Crippen LogP) is 3.22. The number of aryl methyl sites for hydroxylation is 1. The number of anilines is 1. The van der Waals surface area contributed by atoms with Gasteiger partial charge in [0.1, 0.15) is 0 Å². The quantitative estimate of drug-likeness (QED) is 0.851. The maximum absolute atomic E-state index is 12.8. The number of carbonyl (C=O) groups is 2. The van der Waals surface area contributed by atoms with Gasteiger partial charge >= 0.3 is 0 Å². The maximum Gasteiger partial charge on any atom is 0.228 e. The summed E-state index contributed by atoms with van der Waals surface area (Å²) in [6.07, 6.45) is 0.666. The van der Waals surface area contributed by atoms with Gasteiger partial charge in [0.2, 0.25) is 11.8 Å². The Morgan fingerprint density at radius 2 is 1.66 bits per heavy atom. The third kappa shape index (κ3) is 4.51. The highest BCUT2D eigenvalue weighted by molar-refractivity contribution is 6.00. The van der Waals surface area contributed by atoms with Crippen molar-refractivity contribution in [2.45, 2.75) is 26.8 Å². The van der Waals surface area contributed by atoms with Crippen LogP contribution in [0.3, 0.4) is 0 Å². The molecule has 1 heterocycles. The number of nitrogens with one attached hydrogen (secondary N) is 1. The number of piperazine rings is 1. The van der Waals surface area contributed by atoms with Crippen LogP contribution in [-0.4, -0.2) is 47.8 Å². The van der Waals surface area contributed by atoms with Crippen molar-refractivity contribution in [3.63, 3.8) is 0 Å². The monoisotopic (exact) mass is 391 g/mol. The molecule has 2 amide bonds. The minimum Gasteiger partial charge on any atom is -0.340 e. The summed E-state index contributed by atoms with van der Waals surface area (Å²) in [5.41, 5.74) is 4.39. The Bertz CT molecular complexity index is 888. The third-order valence-electron chi connectivity index (χ3n) is 6.24. The van der Waals surface area contributed by atoms with E-state index in [1.165, 1.54) is 5.56 Å². The lowest BCUT2D eigenvalue weighted by atomic mass is 10.1. The van der Waals surface area contributed by atoms with Gasteiger partial charge in [-0.1, -0.05) is 42.5 Å². The van der Waals surface area contributed by atoms with Crippen molar-refractivity contribution < 1.29 is 9.59 Å². The Kier molecular flexibility index (Phi) is 5.67. The first-order chi connectivity index (χ1) is 14.0. The van der Waals surface area contributed by atoms with E-state index in [0.717, 1.165) is 49.5 Å². The van der Waals surface area contributed by atoms with Crippen LogP contribution in [0, 0.1) is 25.7 Å². The van der Waals surface area contributed by atoms with E-state index >= 15 is 0 Å². The van der Waals surface area contributed by atoms with Gasteiger partial charge < -0.3 is 10.2 Å². The molecule has 1 aliphatic heterocycles. The van der Waals surface area contributed by atoms with Crippen molar-refractivity contribution in [1.29, 1.82) is 0 Å². The highest BCUT2D eigenvalue weighted by atomic mass is 16.2. The van der Waals surface area contributed by atoms with Crippen molar-refractivity contribution >= 4 is 17.5 Å².